The third-order valence-electron chi connectivity index (χ3n) is 3.82. The predicted octanol–water partition coefficient (Wildman–Crippen LogP) is 2.33. The van der Waals surface area contributed by atoms with Crippen molar-refractivity contribution in [3.05, 3.63) is 41.6 Å². The smallest absolute Gasteiger partial charge is 0.181 e. The Morgan fingerprint density at radius 3 is 2.83 bits per heavy atom. The normalized spacial score (nSPS) is 21.9. The van der Waals surface area contributed by atoms with Gasteiger partial charge < -0.3 is 5.73 Å². The summed E-state index contributed by atoms with van der Waals surface area (Å²) in [6.45, 7) is 4.05. The number of aromatic nitrogens is 1. The van der Waals surface area contributed by atoms with Gasteiger partial charge >= 0.3 is 0 Å². The summed E-state index contributed by atoms with van der Waals surface area (Å²) in [5.74, 6) is 0.0134. The molecule has 0 fully saturated rings. The lowest BCUT2D eigenvalue weighted by Crippen LogP contribution is -2.49. The minimum Gasteiger partial charge on any atom is -0.321 e. The molecule has 0 amide bonds. The minimum absolute atomic E-state index is 0.0134. The van der Waals surface area contributed by atoms with E-state index in [-0.39, 0.29) is 11.2 Å². The quantitative estimate of drug-likeness (QED) is 0.769. The molecule has 0 spiro atoms. The minimum atomic E-state index is -0.437. The molecular weight excluding hydrogens is 224 g/mol. The number of Topliss-reactive ketones (excluding diaryl/α,β-unsaturated/α-hetero) is 1. The Kier molecular flexibility index (Phi) is 2.29. The van der Waals surface area contributed by atoms with Crippen molar-refractivity contribution in [2.75, 3.05) is 0 Å². The molecule has 18 heavy (non-hydrogen) atoms. The van der Waals surface area contributed by atoms with Crippen LogP contribution in [0, 0.1) is 5.41 Å². The summed E-state index contributed by atoms with van der Waals surface area (Å²) in [4.78, 5) is 16.9. The maximum absolute atomic E-state index is 12.3. The molecule has 92 valence electrons. The van der Waals surface area contributed by atoms with Crippen molar-refractivity contribution in [1.82, 2.24) is 4.98 Å². The van der Waals surface area contributed by atoms with E-state index in [1.807, 2.05) is 44.2 Å². The Morgan fingerprint density at radius 1 is 1.33 bits per heavy atom. The van der Waals surface area contributed by atoms with Crippen molar-refractivity contribution >= 4 is 16.7 Å². The van der Waals surface area contributed by atoms with Crippen molar-refractivity contribution in [3.8, 4) is 0 Å². The van der Waals surface area contributed by atoms with Gasteiger partial charge in [-0.15, -0.1) is 0 Å². The molecule has 1 aromatic heterocycles. The van der Waals surface area contributed by atoms with Gasteiger partial charge in [-0.2, -0.15) is 0 Å². The van der Waals surface area contributed by atoms with Gasteiger partial charge in [-0.1, -0.05) is 32.0 Å². The van der Waals surface area contributed by atoms with Gasteiger partial charge in [-0.05, 0) is 24.0 Å². The van der Waals surface area contributed by atoms with E-state index in [0.29, 0.717) is 5.56 Å². The number of nitrogens with zero attached hydrogens (tertiary/aromatic N) is 1. The molecule has 0 saturated carbocycles. The van der Waals surface area contributed by atoms with E-state index >= 15 is 0 Å². The molecule has 3 rings (SSSR count). The number of carbonyl (C=O) groups is 1. The third kappa shape index (κ3) is 1.55. The van der Waals surface area contributed by atoms with Crippen molar-refractivity contribution in [1.29, 1.82) is 0 Å². The van der Waals surface area contributed by atoms with Crippen LogP contribution in [0.2, 0.25) is 0 Å². The lowest BCUT2D eigenvalue weighted by Gasteiger charge is -2.35. The molecule has 0 aliphatic heterocycles. The highest BCUT2D eigenvalue weighted by molar-refractivity contribution is 6.04. The number of pyridine rings is 1. The molecule has 2 aromatic rings. The van der Waals surface area contributed by atoms with E-state index in [1.54, 1.807) is 0 Å². The lowest BCUT2D eigenvalue weighted by atomic mass is 9.72. The van der Waals surface area contributed by atoms with Gasteiger partial charge in [0.2, 0.25) is 0 Å². The first-order valence-electron chi connectivity index (χ1n) is 6.17. The number of rotatable bonds is 0. The summed E-state index contributed by atoms with van der Waals surface area (Å²) < 4.78 is 0. The number of para-hydroxylation sites is 1. The van der Waals surface area contributed by atoms with Crippen LogP contribution < -0.4 is 5.73 Å². The van der Waals surface area contributed by atoms with Crippen LogP contribution in [0.15, 0.2) is 30.3 Å². The molecule has 2 N–H and O–H groups in total. The third-order valence-corrected chi connectivity index (χ3v) is 3.82. The molecule has 1 aliphatic carbocycles. The van der Waals surface area contributed by atoms with Crippen LogP contribution in [-0.4, -0.2) is 16.8 Å². The maximum Gasteiger partial charge on any atom is 0.181 e. The Morgan fingerprint density at radius 2 is 2.06 bits per heavy atom. The van der Waals surface area contributed by atoms with Gasteiger partial charge in [-0.3, -0.25) is 9.78 Å². The Labute approximate surface area is 106 Å². The zero-order valence-electron chi connectivity index (χ0n) is 10.6. The van der Waals surface area contributed by atoms with E-state index in [2.05, 4.69) is 4.98 Å². The highest BCUT2D eigenvalue weighted by atomic mass is 16.1. The molecule has 0 saturated heterocycles. The molecule has 0 radical (unpaired) electrons. The van der Waals surface area contributed by atoms with Crippen LogP contribution >= 0.6 is 0 Å². The molecule has 0 bridgehead atoms. The first-order chi connectivity index (χ1) is 8.49. The predicted molar refractivity (Wildman–Crippen MR) is 71.5 cm³/mol. The van der Waals surface area contributed by atoms with Crippen LogP contribution in [0.25, 0.3) is 10.9 Å². The first kappa shape index (κ1) is 11.4. The topological polar surface area (TPSA) is 56.0 Å². The standard InChI is InChI=1S/C15H16N2O/c1-15(2)8-12-10(13(18)14(15)16)7-9-5-3-4-6-11(9)17-12/h3-7,14H,8,16H2,1-2H3. The second-order valence-electron chi connectivity index (χ2n) is 5.68. The van der Waals surface area contributed by atoms with E-state index < -0.39 is 6.04 Å². The summed E-state index contributed by atoms with van der Waals surface area (Å²) in [5.41, 5.74) is 8.33. The van der Waals surface area contributed by atoms with Crippen molar-refractivity contribution in [3.63, 3.8) is 0 Å². The first-order valence-corrected chi connectivity index (χ1v) is 6.17. The average Bonchev–Trinajstić information content (AvgIpc) is 2.34. The highest BCUT2D eigenvalue weighted by Gasteiger charge is 2.39. The largest absolute Gasteiger partial charge is 0.321 e. The van der Waals surface area contributed by atoms with Crippen molar-refractivity contribution < 1.29 is 4.79 Å². The molecule has 1 heterocycles. The van der Waals surface area contributed by atoms with Crippen LogP contribution in [0.3, 0.4) is 0 Å². The number of carbonyl (C=O) groups excluding carboxylic acids is 1. The van der Waals surface area contributed by atoms with Crippen LogP contribution in [0.5, 0.6) is 0 Å². The number of nitrogens with two attached hydrogens (primary N) is 1. The highest BCUT2D eigenvalue weighted by Crippen LogP contribution is 2.34. The summed E-state index contributed by atoms with van der Waals surface area (Å²) >= 11 is 0. The maximum atomic E-state index is 12.3. The SMILES string of the molecule is CC1(C)Cc2nc3ccccc3cc2C(=O)C1N. The van der Waals surface area contributed by atoms with E-state index in [0.717, 1.165) is 23.0 Å². The summed E-state index contributed by atoms with van der Waals surface area (Å²) in [5, 5.41) is 0.997. The summed E-state index contributed by atoms with van der Waals surface area (Å²) in [6.07, 6.45) is 0.750. The number of hydrogen-bond acceptors (Lipinski definition) is 3. The Bertz CT molecular complexity index is 646. The van der Waals surface area contributed by atoms with Gasteiger partial charge in [0, 0.05) is 10.9 Å². The van der Waals surface area contributed by atoms with Crippen molar-refractivity contribution in [2.24, 2.45) is 11.1 Å². The fraction of sp³-hybridized carbons (Fsp3) is 0.333. The molecule has 1 atom stereocenters. The second-order valence-corrected chi connectivity index (χ2v) is 5.68. The molecule has 1 unspecified atom stereocenters. The van der Waals surface area contributed by atoms with Gasteiger partial charge in [0.05, 0.1) is 17.3 Å². The molecule has 1 aromatic carbocycles. The second kappa shape index (κ2) is 3.62. The van der Waals surface area contributed by atoms with Gasteiger partial charge in [0.25, 0.3) is 0 Å². The summed E-state index contributed by atoms with van der Waals surface area (Å²) in [6, 6.07) is 9.35. The van der Waals surface area contributed by atoms with E-state index in [1.165, 1.54) is 0 Å². The number of benzene rings is 1. The van der Waals surface area contributed by atoms with Crippen molar-refractivity contribution in [2.45, 2.75) is 26.3 Å². The molecule has 1 aliphatic rings. The van der Waals surface area contributed by atoms with Crippen LogP contribution in [0.4, 0.5) is 0 Å². The lowest BCUT2D eigenvalue weighted by molar-refractivity contribution is 0.0864. The van der Waals surface area contributed by atoms with Gasteiger partial charge in [0.1, 0.15) is 0 Å². The van der Waals surface area contributed by atoms with E-state index in [9.17, 15) is 4.79 Å². The zero-order valence-corrected chi connectivity index (χ0v) is 10.6. The molecule has 3 nitrogen and oxygen atoms in total. The van der Waals surface area contributed by atoms with Crippen LogP contribution in [-0.2, 0) is 6.42 Å². The number of fused-ring (bicyclic) bond motifs is 2. The molecular formula is C15H16N2O. The fourth-order valence-electron chi connectivity index (χ4n) is 2.57. The van der Waals surface area contributed by atoms with E-state index in [4.69, 9.17) is 5.73 Å². The average molecular weight is 240 g/mol. The number of hydrogen-bond donors (Lipinski definition) is 1. The van der Waals surface area contributed by atoms with Gasteiger partial charge in [-0.25, -0.2) is 0 Å². The van der Waals surface area contributed by atoms with Crippen LogP contribution in [0.1, 0.15) is 29.9 Å². The molecule has 3 heteroatoms. The fourth-order valence-corrected chi connectivity index (χ4v) is 2.57. The zero-order chi connectivity index (χ0) is 12.9. The monoisotopic (exact) mass is 240 g/mol. The Hall–Kier alpha value is -1.74. The Balaban J connectivity index is 2.26. The van der Waals surface area contributed by atoms with Gasteiger partial charge in [0.15, 0.2) is 5.78 Å². The summed E-state index contributed by atoms with van der Waals surface area (Å²) in [7, 11) is 0. The number of ketones is 1.